The van der Waals surface area contributed by atoms with Crippen LogP contribution in [0.5, 0.6) is 0 Å². The van der Waals surface area contributed by atoms with E-state index in [1.54, 1.807) is 10.9 Å². The lowest BCUT2D eigenvalue weighted by molar-refractivity contribution is 0.503. The predicted molar refractivity (Wildman–Crippen MR) is 80.8 cm³/mol. The van der Waals surface area contributed by atoms with E-state index in [2.05, 4.69) is 25.8 Å². The summed E-state index contributed by atoms with van der Waals surface area (Å²) in [4.78, 5) is -0.302. The molecule has 1 N–H and O–H groups in total. The molecule has 22 heavy (non-hydrogen) atoms. The van der Waals surface area contributed by atoms with Gasteiger partial charge in [-0.1, -0.05) is 0 Å². The van der Waals surface area contributed by atoms with Crippen molar-refractivity contribution in [1.82, 2.24) is 14.5 Å². The first-order valence-corrected chi connectivity index (χ1v) is 8.71. The van der Waals surface area contributed by atoms with Crippen molar-refractivity contribution in [1.29, 1.82) is 0 Å². The number of halogens is 3. The lowest BCUT2D eigenvalue weighted by Gasteiger charge is -2.07. The van der Waals surface area contributed by atoms with Crippen molar-refractivity contribution < 1.29 is 17.2 Å². The minimum absolute atomic E-state index is 0.165. The van der Waals surface area contributed by atoms with Gasteiger partial charge in [-0.25, -0.2) is 21.9 Å². The lowest BCUT2D eigenvalue weighted by Crippen LogP contribution is -2.25. The average Bonchev–Trinajstić information content (AvgIpc) is 2.77. The Balaban J connectivity index is 1.91. The molecule has 0 aliphatic carbocycles. The molecule has 0 amide bonds. The standard InChI is InChI=1S/C13H14BrF2N3O2S/c1-9-11(14)8-19(18-9)6-2-5-17-22(20,21)10-3-4-12(15)13(16)7-10/h3-4,7-8,17H,2,5-6H2,1H3. The smallest absolute Gasteiger partial charge is 0.240 e. The summed E-state index contributed by atoms with van der Waals surface area (Å²) in [5.41, 5.74) is 0.849. The van der Waals surface area contributed by atoms with Gasteiger partial charge < -0.3 is 0 Å². The Bertz CT molecular complexity index is 758. The Labute approximate surface area is 135 Å². The first-order chi connectivity index (χ1) is 10.3. The van der Waals surface area contributed by atoms with Gasteiger partial charge in [-0.3, -0.25) is 4.68 Å². The summed E-state index contributed by atoms with van der Waals surface area (Å²) < 4.78 is 54.7. The Morgan fingerprint density at radius 2 is 2.05 bits per heavy atom. The molecule has 1 aromatic heterocycles. The number of benzene rings is 1. The Hall–Kier alpha value is -1.32. The van der Waals surface area contributed by atoms with Crippen LogP contribution in [0.15, 0.2) is 33.8 Å². The van der Waals surface area contributed by atoms with Crippen molar-refractivity contribution in [2.45, 2.75) is 24.8 Å². The predicted octanol–water partition coefficient (Wildman–Crippen LogP) is 2.60. The lowest BCUT2D eigenvalue weighted by atomic mass is 10.3. The second-order valence-electron chi connectivity index (χ2n) is 4.65. The van der Waals surface area contributed by atoms with Crippen LogP contribution in [-0.4, -0.2) is 24.7 Å². The fourth-order valence-electron chi connectivity index (χ4n) is 1.78. The Morgan fingerprint density at radius 1 is 1.32 bits per heavy atom. The van der Waals surface area contributed by atoms with Gasteiger partial charge >= 0.3 is 0 Å². The Morgan fingerprint density at radius 3 is 2.64 bits per heavy atom. The van der Waals surface area contributed by atoms with E-state index in [9.17, 15) is 17.2 Å². The third-order valence-corrected chi connectivity index (χ3v) is 5.18. The van der Waals surface area contributed by atoms with Gasteiger partial charge in [0.15, 0.2) is 11.6 Å². The van der Waals surface area contributed by atoms with Crippen molar-refractivity contribution >= 4 is 26.0 Å². The van der Waals surface area contributed by atoms with Gasteiger partial charge in [-0.05, 0) is 47.5 Å². The SMILES string of the molecule is Cc1nn(CCCNS(=O)(=O)c2ccc(F)c(F)c2)cc1Br. The molecular weight excluding hydrogens is 380 g/mol. The van der Waals surface area contributed by atoms with Crippen LogP contribution in [0.1, 0.15) is 12.1 Å². The molecule has 2 aromatic rings. The van der Waals surface area contributed by atoms with Crippen LogP contribution in [0.2, 0.25) is 0 Å². The van der Waals surface area contributed by atoms with Gasteiger partial charge in [0, 0.05) is 19.3 Å². The summed E-state index contributed by atoms with van der Waals surface area (Å²) >= 11 is 3.34. The molecule has 0 aliphatic heterocycles. The zero-order valence-corrected chi connectivity index (χ0v) is 14.1. The van der Waals surface area contributed by atoms with E-state index < -0.39 is 21.7 Å². The molecule has 0 saturated heterocycles. The molecule has 120 valence electrons. The molecule has 0 fully saturated rings. The van der Waals surface area contributed by atoms with Gasteiger partial charge in [0.25, 0.3) is 0 Å². The third kappa shape index (κ3) is 4.11. The fourth-order valence-corrected chi connectivity index (χ4v) is 3.18. The zero-order chi connectivity index (χ0) is 16.3. The second kappa shape index (κ2) is 6.84. The second-order valence-corrected chi connectivity index (χ2v) is 7.27. The fraction of sp³-hybridized carbons (Fsp3) is 0.308. The van der Waals surface area contributed by atoms with Gasteiger partial charge in [0.2, 0.25) is 10.0 Å². The van der Waals surface area contributed by atoms with Crippen molar-refractivity contribution in [3.05, 3.63) is 46.2 Å². The molecule has 5 nitrogen and oxygen atoms in total. The average molecular weight is 394 g/mol. The maximum absolute atomic E-state index is 13.1. The maximum Gasteiger partial charge on any atom is 0.240 e. The Kier molecular flexibility index (Phi) is 5.30. The van der Waals surface area contributed by atoms with Gasteiger partial charge in [-0.2, -0.15) is 5.10 Å². The van der Waals surface area contributed by atoms with Crippen LogP contribution in [0.4, 0.5) is 8.78 Å². The molecule has 1 aromatic carbocycles. The van der Waals surface area contributed by atoms with E-state index in [1.165, 1.54) is 0 Å². The molecule has 0 spiro atoms. The molecule has 0 saturated carbocycles. The highest BCUT2D eigenvalue weighted by Crippen LogP contribution is 2.14. The number of nitrogens with zero attached hydrogens (tertiary/aromatic N) is 2. The van der Waals surface area contributed by atoms with Gasteiger partial charge in [0.05, 0.1) is 15.1 Å². The van der Waals surface area contributed by atoms with Gasteiger partial charge in [-0.15, -0.1) is 0 Å². The molecule has 0 bridgehead atoms. The number of aryl methyl sites for hydroxylation is 2. The highest BCUT2D eigenvalue weighted by molar-refractivity contribution is 9.10. The molecule has 0 unspecified atom stereocenters. The molecular formula is C13H14BrF2N3O2S. The summed E-state index contributed by atoms with van der Waals surface area (Å²) in [5, 5.41) is 4.22. The summed E-state index contributed by atoms with van der Waals surface area (Å²) in [6.45, 7) is 2.55. The number of hydrogen-bond donors (Lipinski definition) is 1. The number of nitrogens with one attached hydrogen (secondary N) is 1. The molecule has 9 heteroatoms. The van der Waals surface area contributed by atoms with E-state index in [-0.39, 0.29) is 11.4 Å². The van der Waals surface area contributed by atoms with Crippen LogP contribution in [0.3, 0.4) is 0 Å². The number of aromatic nitrogens is 2. The zero-order valence-electron chi connectivity index (χ0n) is 11.7. The highest BCUT2D eigenvalue weighted by Gasteiger charge is 2.15. The largest absolute Gasteiger partial charge is 0.271 e. The number of rotatable bonds is 6. The number of hydrogen-bond acceptors (Lipinski definition) is 3. The minimum Gasteiger partial charge on any atom is -0.271 e. The van der Waals surface area contributed by atoms with E-state index in [1.807, 2.05) is 6.92 Å². The van der Waals surface area contributed by atoms with Crippen LogP contribution in [0, 0.1) is 18.6 Å². The van der Waals surface area contributed by atoms with Crippen LogP contribution >= 0.6 is 15.9 Å². The summed E-state index contributed by atoms with van der Waals surface area (Å²) in [6.07, 6.45) is 2.32. The summed E-state index contributed by atoms with van der Waals surface area (Å²) in [7, 11) is -3.85. The molecule has 1 heterocycles. The van der Waals surface area contributed by atoms with Crippen molar-refractivity contribution in [3.8, 4) is 0 Å². The molecule has 0 radical (unpaired) electrons. The van der Waals surface area contributed by atoms with Crippen molar-refractivity contribution in [2.75, 3.05) is 6.54 Å². The molecule has 0 atom stereocenters. The highest BCUT2D eigenvalue weighted by atomic mass is 79.9. The van der Waals surface area contributed by atoms with E-state index in [0.717, 1.165) is 22.3 Å². The summed E-state index contributed by atoms with van der Waals surface area (Å²) in [5.74, 6) is -2.28. The normalized spacial score (nSPS) is 11.8. The third-order valence-electron chi connectivity index (χ3n) is 2.94. The van der Waals surface area contributed by atoms with E-state index >= 15 is 0 Å². The number of sulfonamides is 1. The summed E-state index contributed by atoms with van der Waals surface area (Å²) in [6, 6.07) is 2.47. The van der Waals surface area contributed by atoms with Crippen molar-refractivity contribution in [3.63, 3.8) is 0 Å². The maximum atomic E-state index is 13.1. The molecule has 0 aliphatic rings. The first-order valence-electron chi connectivity index (χ1n) is 6.44. The molecule has 2 rings (SSSR count). The minimum atomic E-state index is -3.85. The monoisotopic (exact) mass is 393 g/mol. The van der Waals surface area contributed by atoms with E-state index in [4.69, 9.17) is 0 Å². The van der Waals surface area contributed by atoms with Crippen LogP contribution in [-0.2, 0) is 16.6 Å². The van der Waals surface area contributed by atoms with Crippen molar-refractivity contribution in [2.24, 2.45) is 0 Å². The topological polar surface area (TPSA) is 64.0 Å². The van der Waals surface area contributed by atoms with Crippen LogP contribution < -0.4 is 4.72 Å². The van der Waals surface area contributed by atoms with Crippen LogP contribution in [0.25, 0.3) is 0 Å². The first kappa shape index (κ1) is 17.0. The quantitative estimate of drug-likeness (QED) is 0.767. The van der Waals surface area contributed by atoms with Gasteiger partial charge in [0.1, 0.15) is 0 Å². The van der Waals surface area contributed by atoms with E-state index in [0.29, 0.717) is 19.0 Å².